The van der Waals surface area contributed by atoms with Crippen LogP contribution in [0.3, 0.4) is 0 Å². The zero-order valence-electron chi connectivity index (χ0n) is 12.3. The van der Waals surface area contributed by atoms with Crippen molar-refractivity contribution in [2.75, 3.05) is 0 Å². The van der Waals surface area contributed by atoms with Gasteiger partial charge >= 0.3 is 0 Å². The fourth-order valence-corrected chi connectivity index (χ4v) is 2.04. The van der Waals surface area contributed by atoms with Crippen LogP contribution in [0.1, 0.15) is 37.7 Å². The Morgan fingerprint density at radius 3 is 2.75 bits per heavy atom. The number of pyridine rings is 1. The van der Waals surface area contributed by atoms with Gasteiger partial charge in [-0.2, -0.15) is 5.10 Å². The number of Topliss-reactive ketones (excluding diaryl/α,β-unsaturated/α-hetero) is 1. The van der Waals surface area contributed by atoms with Crippen LogP contribution in [0.2, 0.25) is 0 Å². The van der Waals surface area contributed by atoms with Crippen molar-refractivity contribution in [3.63, 3.8) is 0 Å². The van der Waals surface area contributed by atoms with Crippen LogP contribution in [0, 0.1) is 6.92 Å². The van der Waals surface area contributed by atoms with E-state index in [1.165, 1.54) is 0 Å². The minimum atomic E-state index is 0.0742. The average molecular weight is 269 g/mol. The average Bonchev–Trinajstić information content (AvgIpc) is 2.81. The fraction of sp³-hybridized carbons (Fsp3) is 0.312. The summed E-state index contributed by atoms with van der Waals surface area (Å²) in [4.78, 5) is 15.7. The van der Waals surface area contributed by atoms with E-state index >= 15 is 0 Å². The number of carbonyl (C=O) groups excluding carboxylic acids is 1. The Morgan fingerprint density at radius 1 is 1.40 bits per heavy atom. The lowest BCUT2D eigenvalue weighted by molar-refractivity contribution is -0.113. The van der Waals surface area contributed by atoms with Gasteiger partial charge in [0.15, 0.2) is 5.78 Å². The number of hydrogen-bond donors (Lipinski definition) is 1. The van der Waals surface area contributed by atoms with E-state index < -0.39 is 0 Å². The summed E-state index contributed by atoms with van der Waals surface area (Å²) in [6.07, 6.45) is 4.53. The number of hydrogen-bond acceptors (Lipinski definition) is 3. The maximum Gasteiger partial charge on any atom is 0.155 e. The molecule has 0 aliphatic rings. The number of aromatic nitrogens is 3. The van der Waals surface area contributed by atoms with Gasteiger partial charge in [-0.1, -0.05) is 6.92 Å². The molecule has 0 fully saturated rings. The fourth-order valence-electron chi connectivity index (χ4n) is 2.04. The van der Waals surface area contributed by atoms with Crippen molar-refractivity contribution in [3.8, 4) is 11.3 Å². The second-order valence-electron chi connectivity index (χ2n) is 4.89. The molecule has 0 saturated heterocycles. The highest BCUT2D eigenvalue weighted by molar-refractivity contribution is 5.98. The van der Waals surface area contributed by atoms with Crippen molar-refractivity contribution < 1.29 is 4.79 Å². The highest BCUT2D eigenvalue weighted by Gasteiger charge is 2.13. The summed E-state index contributed by atoms with van der Waals surface area (Å²) in [5.41, 5.74) is 5.58. The van der Waals surface area contributed by atoms with Gasteiger partial charge in [0, 0.05) is 28.7 Å². The van der Waals surface area contributed by atoms with Crippen LogP contribution in [-0.2, 0) is 11.2 Å². The van der Waals surface area contributed by atoms with Crippen LogP contribution in [0.4, 0.5) is 0 Å². The lowest BCUT2D eigenvalue weighted by Gasteiger charge is -2.03. The molecule has 0 atom stereocenters. The van der Waals surface area contributed by atoms with E-state index in [-0.39, 0.29) is 5.78 Å². The van der Waals surface area contributed by atoms with Crippen molar-refractivity contribution in [2.45, 2.75) is 34.1 Å². The number of allylic oxidation sites excluding steroid dienone is 1. The molecule has 20 heavy (non-hydrogen) atoms. The van der Waals surface area contributed by atoms with E-state index in [2.05, 4.69) is 22.1 Å². The number of nitrogens with zero attached hydrogens (tertiary/aromatic N) is 2. The summed E-state index contributed by atoms with van der Waals surface area (Å²) in [6, 6.07) is 3.93. The molecule has 4 nitrogen and oxygen atoms in total. The van der Waals surface area contributed by atoms with E-state index in [1.807, 2.05) is 32.1 Å². The maximum atomic E-state index is 11.5. The normalized spacial score (nSPS) is 11.7. The van der Waals surface area contributed by atoms with Gasteiger partial charge in [-0.3, -0.25) is 14.9 Å². The number of aromatic amines is 1. The second-order valence-corrected chi connectivity index (χ2v) is 4.89. The molecule has 104 valence electrons. The van der Waals surface area contributed by atoms with E-state index in [1.54, 1.807) is 13.1 Å². The van der Waals surface area contributed by atoms with Crippen molar-refractivity contribution in [1.82, 2.24) is 15.2 Å². The van der Waals surface area contributed by atoms with Crippen molar-refractivity contribution in [3.05, 3.63) is 40.9 Å². The van der Waals surface area contributed by atoms with Crippen LogP contribution in [-0.4, -0.2) is 21.0 Å². The van der Waals surface area contributed by atoms with Gasteiger partial charge in [0.25, 0.3) is 0 Å². The third-order valence-electron chi connectivity index (χ3n) is 3.32. The predicted molar refractivity (Wildman–Crippen MR) is 80.3 cm³/mol. The molecule has 0 spiro atoms. The Labute approximate surface area is 118 Å². The Morgan fingerprint density at radius 2 is 2.15 bits per heavy atom. The Kier molecular flexibility index (Phi) is 4.13. The molecule has 0 aromatic carbocycles. The standard InChI is InChI=1S/C16H19N3O/c1-5-15-14(8-10(2)12(4)20)16(19-18-15)13-6-7-17-11(3)9-13/h6-9H,5H2,1-4H3,(H,18,19). The molecular weight excluding hydrogens is 250 g/mol. The molecule has 2 aromatic heterocycles. The highest BCUT2D eigenvalue weighted by atomic mass is 16.1. The summed E-state index contributed by atoms with van der Waals surface area (Å²) in [7, 11) is 0. The third-order valence-corrected chi connectivity index (χ3v) is 3.32. The smallest absolute Gasteiger partial charge is 0.155 e. The Bertz CT molecular complexity index is 668. The first-order chi connectivity index (χ1) is 9.52. The molecule has 2 aromatic rings. The molecule has 1 N–H and O–H groups in total. The number of rotatable bonds is 4. The van der Waals surface area contributed by atoms with E-state index in [4.69, 9.17) is 0 Å². The van der Waals surface area contributed by atoms with Crippen LogP contribution in [0.15, 0.2) is 23.9 Å². The van der Waals surface area contributed by atoms with Crippen molar-refractivity contribution in [1.29, 1.82) is 0 Å². The predicted octanol–water partition coefficient (Wildman–Crippen LogP) is 3.33. The molecule has 0 radical (unpaired) electrons. The van der Waals surface area contributed by atoms with Gasteiger partial charge in [0.2, 0.25) is 0 Å². The number of aryl methyl sites for hydroxylation is 2. The molecule has 0 unspecified atom stereocenters. The SMILES string of the molecule is CCc1[nH]nc(-c2ccnc(C)c2)c1C=C(C)C(C)=O. The highest BCUT2D eigenvalue weighted by Crippen LogP contribution is 2.26. The molecule has 0 aliphatic heterocycles. The van der Waals surface area contributed by atoms with E-state index in [0.29, 0.717) is 0 Å². The van der Waals surface area contributed by atoms with Gasteiger partial charge in [-0.05, 0) is 51.0 Å². The van der Waals surface area contributed by atoms with E-state index in [9.17, 15) is 4.79 Å². The number of nitrogens with one attached hydrogen (secondary N) is 1. The van der Waals surface area contributed by atoms with Crippen LogP contribution < -0.4 is 0 Å². The van der Waals surface area contributed by atoms with Crippen LogP contribution in [0.5, 0.6) is 0 Å². The molecule has 0 saturated carbocycles. The number of ketones is 1. The third kappa shape index (κ3) is 2.85. The zero-order chi connectivity index (χ0) is 14.7. The molecule has 0 amide bonds. The molecule has 2 heterocycles. The van der Waals surface area contributed by atoms with Crippen molar-refractivity contribution >= 4 is 11.9 Å². The monoisotopic (exact) mass is 269 g/mol. The largest absolute Gasteiger partial charge is 0.295 e. The summed E-state index contributed by atoms with van der Waals surface area (Å²) in [6.45, 7) is 7.42. The molecular formula is C16H19N3O. The molecule has 0 bridgehead atoms. The van der Waals surface area contributed by atoms with Gasteiger partial charge in [0.1, 0.15) is 0 Å². The van der Waals surface area contributed by atoms with Crippen molar-refractivity contribution in [2.24, 2.45) is 0 Å². The van der Waals surface area contributed by atoms with Gasteiger partial charge in [0.05, 0.1) is 5.69 Å². The second kappa shape index (κ2) is 5.82. The first kappa shape index (κ1) is 14.2. The topological polar surface area (TPSA) is 58.6 Å². The summed E-state index contributed by atoms with van der Waals surface area (Å²) in [5.74, 6) is 0.0742. The zero-order valence-corrected chi connectivity index (χ0v) is 12.3. The molecule has 4 heteroatoms. The first-order valence-corrected chi connectivity index (χ1v) is 6.72. The lowest BCUT2D eigenvalue weighted by atomic mass is 10.0. The Balaban J connectivity index is 2.58. The summed E-state index contributed by atoms with van der Waals surface area (Å²) in [5, 5.41) is 7.46. The van der Waals surface area contributed by atoms with Crippen LogP contribution in [0.25, 0.3) is 17.3 Å². The summed E-state index contributed by atoms with van der Waals surface area (Å²) >= 11 is 0. The first-order valence-electron chi connectivity index (χ1n) is 6.72. The minimum absolute atomic E-state index is 0.0742. The number of H-pyrrole nitrogens is 1. The maximum absolute atomic E-state index is 11.5. The Hall–Kier alpha value is -2.23. The van der Waals surface area contributed by atoms with E-state index in [0.717, 1.165) is 40.2 Å². The lowest BCUT2D eigenvalue weighted by Crippen LogP contribution is -1.93. The molecule has 0 aliphatic carbocycles. The summed E-state index contributed by atoms with van der Waals surface area (Å²) < 4.78 is 0. The quantitative estimate of drug-likeness (QED) is 0.866. The van der Waals surface area contributed by atoms with Gasteiger partial charge in [-0.15, -0.1) is 0 Å². The number of carbonyl (C=O) groups is 1. The van der Waals surface area contributed by atoms with Crippen LogP contribution >= 0.6 is 0 Å². The molecule has 2 rings (SSSR count). The van der Waals surface area contributed by atoms with Gasteiger partial charge in [-0.25, -0.2) is 0 Å². The van der Waals surface area contributed by atoms with Gasteiger partial charge < -0.3 is 0 Å². The minimum Gasteiger partial charge on any atom is -0.295 e.